The highest BCUT2D eigenvalue weighted by atomic mass is 16.1. The van der Waals surface area contributed by atoms with Crippen molar-refractivity contribution in [3.05, 3.63) is 96.1 Å². The van der Waals surface area contributed by atoms with Crippen LogP contribution in [0.5, 0.6) is 0 Å². The molecule has 0 radical (unpaired) electrons. The Bertz CT molecular complexity index is 825. The molecule has 1 atom stereocenters. The van der Waals surface area contributed by atoms with Crippen molar-refractivity contribution in [3.8, 4) is 11.1 Å². The second kappa shape index (κ2) is 7.38. The summed E-state index contributed by atoms with van der Waals surface area (Å²) in [6.07, 6.45) is 1.69. The van der Waals surface area contributed by atoms with Gasteiger partial charge in [-0.3, -0.25) is 9.79 Å². The second-order valence-electron chi connectivity index (χ2n) is 5.48. The Morgan fingerprint density at radius 3 is 1.92 bits per heavy atom. The number of rotatable bonds is 5. The van der Waals surface area contributed by atoms with Gasteiger partial charge in [-0.05, 0) is 22.3 Å². The van der Waals surface area contributed by atoms with E-state index in [-0.39, 0.29) is 0 Å². The highest BCUT2D eigenvalue weighted by Crippen LogP contribution is 2.20. The zero-order valence-electron chi connectivity index (χ0n) is 13.2. The maximum Gasteiger partial charge on any atom is 0.246 e. The van der Waals surface area contributed by atoms with Crippen molar-refractivity contribution >= 4 is 12.1 Å². The molecule has 24 heavy (non-hydrogen) atoms. The van der Waals surface area contributed by atoms with Crippen molar-refractivity contribution in [2.24, 2.45) is 10.7 Å². The van der Waals surface area contributed by atoms with Crippen molar-refractivity contribution in [3.63, 3.8) is 0 Å². The molecule has 0 aliphatic heterocycles. The summed E-state index contributed by atoms with van der Waals surface area (Å²) in [7, 11) is 0. The fourth-order valence-electron chi connectivity index (χ4n) is 2.51. The maximum absolute atomic E-state index is 11.7. The van der Waals surface area contributed by atoms with Crippen molar-refractivity contribution in [2.45, 2.75) is 6.04 Å². The smallest absolute Gasteiger partial charge is 0.246 e. The molecule has 0 spiro atoms. The fourth-order valence-corrected chi connectivity index (χ4v) is 2.51. The van der Waals surface area contributed by atoms with E-state index in [1.807, 2.05) is 72.8 Å². The van der Waals surface area contributed by atoms with E-state index in [1.165, 1.54) is 5.56 Å². The van der Waals surface area contributed by atoms with Crippen molar-refractivity contribution in [1.29, 1.82) is 0 Å². The molecule has 0 saturated heterocycles. The van der Waals surface area contributed by atoms with E-state index in [2.05, 4.69) is 17.1 Å². The number of primary amides is 1. The van der Waals surface area contributed by atoms with Crippen LogP contribution >= 0.6 is 0 Å². The van der Waals surface area contributed by atoms with Crippen molar-refractivity contribution in [2.75, 3.05) is 0 Å². The summed E-state index contributed by atoms with van der Waals surface area (Å²) >= 11 is 0. The van der Waals surface area contributed by atoms with Crippen LogP contribution in [0, 0.1) is 0 Å². The molecule has 3 nitrogen and oxygen atoms in total. The summed E-state index contributed by atoms with van der Waals surface area (Å²) in [5.41, 5.74) is 9.51. The van der Waals surface area contributed by atoms with Gasteiger partial charge in [0.2, 0.25) is 5.91 Å². The van der Waals surface area contributed by atoms with Crippen LogP contribution in [0.4, 0.5) is 0 Å². The molecule has 0 aliphatic rings. The van der Waals surface area contributed by atoms with Crippen molar-refractivity contribution < 1.29 is 4.79 Å². The first-order valence-corrected chi connectivity index (χ1v) is 7.77. The van der Waals surface area contributed by atoms with Crippen LogP contribution in [0.15, 0.2) is 89.9 Å². The molecular formula is C21H18N2O. The molecule has 3 heteroatoms. The van der Waals surface area contributed by atoms with Crippen LogP contribution < -0.4 is 5.73 Å². The van der Waals surface area contributed by atoms with E-state index in [4.69, 9.17) is 5.73 Å². The average Bonchev–Trinajstić information content (AvgIpc) is 2.64. The zero-order chi connectivity index (χ0) is 16.8. The first-order valence-electron chi connectivity index (χ1n) is 7.77. The average molecular weight is 314 g/mol. The second-order valence-corrected chi connectivity index (χ2v) is 5.48. The van der Waals surface area contributed by atoms with Gasteiger partial charge in [0.05, 0.1) is 0 Å². The third-order valence-corrected chi connectivity index (χ3v) is 3.78. The lowest BCUT2D eigenvalue weighted by Crippen LogP contribution is -2.20. The van der Waals surface area contributed by atoms with Gasteiger partial charge in [-0.15, -0.1) is 0 Å². The molecule has 0 bridgehead atoms. The molecule has 3 aromatic carbocycles. The number of aliphatic imine (C=N–C) groups is 1. The molecule has 0 heterocycles. The number of benzene rings is 3. The minimum atomic E-state index is -0.667. The lowest BCUT2D eigenvalue weighted by molar-refractivity contribution is -0.119. The predicted molar refractivity (Wildman–Crippen MR) is 97.8 cm³/mol. The molecule has 0 fully saturated rings. The van der Waals surface area contributed by atoms with E-state index in [1.54, 1.807) is 6.21 Å². The highest BCUT2D eigenvalue weighted by molar-refractivity contribution is 5.87. The summed E-state index contributed by atoms with van der Waals surface area (Å²) < 4.78 is 0. The van der Waals surface area contributed by atoms with Crippen LogP contribution in [0.3, 0.4) is 0 Å². The monoisotopic (exact) mass is 314 g/mol. The van der Waals surface area contributed by atoms with Crippen LogP contribution in [-0.2, 0) is 4.79 Å². The van der Waals surface area contributed by atoms with E-state index in [9.17, 15) is 4.79 Å². The molecule has 118 valence electrons. The lowest BCUT2D eigenvalue weighted by Gasteiger charge is -2.08. The van der Waals surface area contributed by atoms with Crippen LogP contribution in [0.25, 0.3) is 11.1 Å². The number of nitrogens with two attached hydrogens (primary N) is 1. The van der Waals surface area contributed by atoms with E-state index >= 15 is 0 Å². The van der Waals surface area contributed by atoms with Crippen LogP contribution in [-0.4, -0.2) is 12.1 Å². The predicted octanol–water partition coefficient (Wildman–Crippen LogP) is 4.00. The zero-order valence-corrected chi connectivity index (χ0v) is 13.2. The largest absolute Gasteiger partial charge is 0.368 e. The van der Waals surface area contributed by atoms with E-state index in [0.717, 1.165) is 16.7 Å². The number of carbonyl (C=O) groups excluding carboxylic acids is 1. The van der Waals surface area contributed by atoms with Gasteiger partial charge in [0.1, 0.15) is 0 Å². The van der Waals surface area contributed by atoms with Gasteiger partial charge in [0, 0.05) is 6.21 Å². The van der Waals surface area contributed by atoms with Gasteiger partial charge in [-0.1, -0.05) is 84.9 Å². The molecule has 0 unspecified atom stereocenters. The van der Waals surface area contributed by atoms with Crippen LogP contribution in [0.1, 0.15) is 17.2 Å². The maximum atomic E-state index is 11.7. The number of carbonyl (C=O) groups is 1. The third kappa shape index (κ3) is 3.76. The number of nitrogens with zero attached hydrogens (tertiary/aromatic N) is 1. The Balaban J connectivity index is 1.79. The minimum Gasteiger partial charge on any atom is -0.368 e. The highest BCUT2D eigenvalue weighted by Gasteiger charge is 2.14. The molecule has 0 saturated carbocycles. The molecule has 2 N–H and O–H groups in total. The van der Waals surface area contributed by atoms with Gasteiger partial charge in [-0.2, -0.15) is 0 Å². The summed E-state index contributed by atoms with van der Waals surface area (Å²) in [5, 5.41) is 0. The normalized spacial score (nSPS) is 12.2. The Morgan fingerprint density at radius 2 is 1.33 bits per heavy atom. The Hall–Kier alpha value is -3.20. The summed E-state index contributed by atoms with van der Waals surface area (Å²) in [6, 6.07) is 26.9. The Labute approximate surface area is 141 Å². The Morgan fingerprint density at radius 1 is 0.792 bits per heavy atom. The fraction of sp³-hybridized carbons (Fsp3) is 0.0476. The molecular weight excluding hydrogens is 296 g/mol. The standard InChI is InChI=1S/C21H18N2O/c22-21(24)20(19-9-5-2-6-10-19)23-15-16-11-13-18(14-12-16)17-7-3-1-4-8-17/h1-15,20H,(H2,22,24)/t20-/m0/s1. The van der Waals surface area contributed by atoms with Gasteiger partial charge in [0.15, 0.2) is 6.04 Å². The molecule has 3 rings (SSSR count). The van der Waals surface area contributed by atoms with E-state index in [0.29, 0.717) is 0 Å². The number of hydrogen-bond donors (Lipinski definition) is 1. The minimum absolute atomic E-state index is 0.460. The molecule has 1 amide bonds. The third-order valence-electron chi connectivity index (χ3n) is 3.78. The summed E-state index contributed by atoms with van der Waals surface area (Å²) in [6.45, 7) is 0. The quantitative estimate of drug-likeness (QED) is 0.711. The summed E-state index contributed by atoms with van der Waals surface area (Å²) in [4.78, 5) is 16.0. The first-order chi connectivity index (χ1) is 11.7. The SMILES string of the molecule is NC(=O)[C@@H](N=Cc1ccc(-c2ccccc2)cc1)c1ccccc1. The van der Waals surface area contributed by atoms with Crippen molar-refractivity contribution in [1.82, 2.24) is 0 Å². The number of amides is 1. The lowest BCUT2D eigenvalue weighted by atomic mass is 10.0. The van der Waals surface area contributed by atoms with Gasteiger partial charge in [-0.25, -0.2) is 0 Å². The Kier molecular flexibility index (Phi) is 4.82. The molecule has 3 aromatic rings. The first kappa shape index (κ1) is 15.7. The number of hydrogen-bond acceptors (Lipinski definition) is 2. The van der Waals surface area contributed by atoms with Gasteiger partial charge < -0.3 is 5.73 Å². The van der Waals surface area contributed by atoms with E-state index < -0.39 is 11.9 Å². The topological polar surface area (TPSA) is 55.5 Å². The molecule has 0 aromatic heterocycles. The van der Waals surface area contributed by atoms with Crippen LogP contribution in [0.2, 0.25) is 0 Å². The molecule has 0 aliphatic carbocycles. The van der Waals surface area contributed by atoms with Gasteiger partial charge in [0.25, 0.3) is 0 Å². The summed E-state index contributed by atoms with van der Waals surface area (Å²) in [5.74, 6) is -0.460. The van der Waals surface area contributed by atoms with Gasteiger partial charge >= 0.3 is 0 Å².